The van der Waals surface area contributed by atoms with Gasteiger partial charge in [0.2, 0.25) is 0 Å². The zero-order chi connectivity index (χ0) is 15.8. The molecule has 1 aliphatic heterocycles. The van der Waals surface area contributed by atoms with Gasteiger partial charge in [0.05, 0.1) is 22.3 Å². The van der Waals surface area contributed by atoms with E-state index in [1.54, 1.807) is 0 Å². The Bertz CT molecular complexity index is 627. The van der Waals surface area contributed by atoms with Gasteiger partial charge < -0.3 is 10.0 Å². The summed E-state index contributed by atoms with van der Waals surface area (Å²) in [6, 6.07) is 6.06. The molecule has 1 aliphatic rings. The summed E-state index contributed by atoms with van der Waals surface area (Å²) >= 11 is 5.95. The van der Waals surface area contributed by atoms with Crippen LogP contribution in [0.1, 0.15) is 12.0 Å². The van der Waals surface area contributed by atoms with Crippen molar-refractivity contribution in [3.05, 3.63) is 28.8 Å². The minimum Gasteiger partial charge on any atom is -0.481 e. The minimum absolute atomic E-state index is 0.0720. The molecule has 2 rings (SSSR count). The maximum Gasteiger partial charge on any atom is 0.406 e. The third kappa shape index (κ3) is 2.51. The molecule has 8 heteroatoms. The molecule has 0 aromatic heterocycles. The van der Waals surface area contributed by atoms with E-state index in [9.17, 15) is 18.0 Å². The molecule has 0 amide bonds. The molecule has 21 heavy (non-hydrogen) atoms. The van der Waals surface area contributed by atoms with Crippen LogP contribution in [-0.4, -0.2) is 30.3 Å². The molecule has 1 fully saturated rings. The van der Waals surface area contributed by atoms with E-state index in [1.165, 1.54) is 23.1 Å². The molecule has 0 aliphatic carbocycles. The standard InChI is InChI=1S/C13H10ClF3N2O2/c14-9-5-8(6-18)1-2-10(9)19-4-3-12(7-19,11(20)21)13(15,16)17/h1-2,5H,3-4,7H2,(H,20,21). The van der Waals surface area contributed by atoms with Crippen LogP contribution >= 0.6 is 11.6 Å². The minimum atomic E-state index is -4.84. The quantitative estimate of drug-likeness (QED) is 0.910. The topological polar surface area (TPSA) is 64.3 Å². The van der Waals surface area contributed by atoms with Crippen molar-refractivity contribution in [1.82, 2.24) is 0 Å². The van der Waals surface area contributed by atoms with Crippen LogP contribution in [0.25, 0.3) is 0 Å². The summed E-state index contributed by atoms with van der Waals surface area (Å²) in [4.78, 5) is 12.4. The van der Waals surface area contributed by atoms with Gasteiger partial charge in [-0.05, 0) is 24.6 Å². The Balaban J connectivity index is 2.34. The molecular weight excluding hydrogens is 309 g/mol. The summed E-state index contributed by atoms with van der Waals surface area (Å²) in [5.74, 6) is -1.89. The van der Waals surface area contributed by atoms with Crippen LogP contribution in [0.4, 0.5) is 18.9 Å². The van der Waals surface area contributed by atoms with E-state index in [0.29, 0.717) is 5.69 Å². The second kappa shape index (κ2) is 5.11. The fraction of sp³-hybridized carbons (Fsp3) is 0.385. The normalized spacial score (nSPS) is 22.1. The number of carbonyl (C=O) groups is 1. The van der Waals surface area contributed by atoms with Crippen molar-refractivity contribution in [3.8, 4) is 6.07 Å². The predicted molar refractivity (Wildman–Crippen MR) is 69.1 cm³/mol. The predicted octanol–water partition coefficient (Wildman–Crippen LogP) is 3.06. The molecule has 1 aromatic rings. The van der Waals surface area contributed by atoms with Crippen LogP contribution in [0.2, 0.25) is 5.02 Å². The van der Waals surface area contributed by atoms with Gasteiger partial charge >= 0.3 is 12.1 Å². The van der Waals surface area contributed by atoms with Gasteiger partial charge in [0.1, 0.15) is 0 Å². The van der Waals surface area contributed by atoms with Crippen LogP contribution < -0.4 is 4.90 Å². The van der Waals surface area contributed by atoms with Crippen LogP contribution in [0.15, 0.2) is 18.2 Å². The maximum atomic E-state index is 13.1. The van der Waals surface area contributed by atoms with Crippen molar-refractivity contribution >= 4 is 23.3 Å². The largest absolute Gasteiger partial charge is 0.481 e. The molecule has 1 aromatic carbocycles. The van der Waals surface area contributed by atoms with Crippen molar-refractivity contribution in [1.29, 1.82) is 5.26 Å². The molecule has 0 bridgehead atoms. The lowest BCUT2D eigenvalue weighted by Crippen LogP contribution is -2.47. The summed E-state index contributed by atoms with van der Waals surface area (Å²) < 4.78 is 39.3. The first-order valence-corrected chi connectivity index (χ1v) is 6.34. The van der Waals surface area contributed by atoms with E-state index in [4.69, 9.17) is 22.0 Å². The van der Waals surface area contributed by atoms with E-state index < -0.39 is 30.5 Å². The number of nitrogens with zero attached hydrogens (tertiary/aromatic N) is 2. The number of benzene rings is 1. The second-order valence-electron chi connectivity index (χ2n) is 4.83. The van der Waals surface area contributed by atoms with Crippen LogP contribution in [0.5, 0.6) is 0 Å². The van der Waals surface area contributed by atoms with E-state index in [0.717, 1.165) is 0 Å². The van der Waals surface area contributed by atoms with Crippen molar-refractivity contribution < 1.29 is 23.1 Å². The van der Waals surface area contributed by atoms with Crippen molar-refractivity contribution in [2.75, 3.05) is 18.0 Å². The number of rotatable bonds is 2. The van der Waals surface area contributed by atoms with Crippen molar-refractivity contribution in [2.24, 2.45) is 5.41 Å². The van der Waals surface area contributed by atoms with Gasteiger partial charge in [-0.25, -0.2) is 0 Å². The number of hydrogen-bond donors (Lipinski definition) is 1. The average Bonchev–Trinajstić information content (AvgIpc) is 2.84. The number of carboxylic acids is 1. The summed E-state index contributed by atoms with van der Waals surface area (Å²) in [6.07, 6.45) is -5.38. The van der Waals surface area contributed by atoms with E-state index in [2.05, 4.69) is 0 Å². The second-order valence-corrected chi connectivity index (χ2v) is 5.24. The Labute approximate surface area is 123 Å². The molecule has 112 valence electrons. The lowest BCUT2D eigenvalue weighted by Gasteiger charge is -2.28. The smallest absolute Gasteiger partial charge is 0.406 e. The first kappa shape index (κ1) is 15.4. The lowest BCUT2D eigenvalue weighted by atomic mass is 9.86. The average molecular weight is 319 g/mol. The molecule has 1 N–H and O–H groups in total. The van der Waals surface area contributed by atoms with Gasteiger partial charge in [-0.1, -0.05) is 11.6 Å². The molecule has 0 spiro atoms. The maximum absolute atomic E-state index is 13.1. The molecular formula is C13H10ClF3N2O2. The highest BCUT2D eigenvalue weighted by Gasteiger charge is 2.63. The summed E-state index contributed by atoms with van der Waals surface area (Å²) in [6.45, 7) is -0.769. The Morgan fingerprint density at radius 3 is 2.57 bits per heavy atom. The number of anilines is 1. The van der Waals surface area contributed by atoms with Gasteiger partial charge in [0, 0.05) is 13.1 Å². The Kier molecular flexibility index (Phi) is 3.76. The molecule has 1 atom stereocenters. The summed E-state index contributed by atoms with van der Waals surface area (Å²) in [5, 5.41) is 17.8. The lowest BCUT2D eigenvalue weighted by molar-refractivity contribution is -0.225. The molecule has 0 radical (unpaired) electrons. The van der Waals surface area contributed by atoms with Gasteiger partial charge in [-0.15, -0.1) is 0 Å². The highest BCUT2D eigenvalue weighted by Crippen LogP contribution is 2.47. The molecule has 4 nitrogen and oxygen atoms in total. The highest BCUT2D eigenvalue weighted by atomic mass is 35.5. The highest BCUT2D eigenvalue weighted by molar-refractivity contribution is 6.33. The molecule has 1 saturated heterocycles. The SMILES string of the molecule is N#Cc1ccc(N2CCC(C(=O)O)(C(F)(F)F)C2)c(Cl)c1. The van der Waals surface area contributed by atoms with E-state index in [1.807, 2.05) is 6.07 Å². The monoisotopic (exact) mass is 318 g/mol. The molecule has 1 heterocycles. The van der Waals surface area contributed by atoms with Gasteiger partial charge in [0.15, 0.2) is 5.41 Å². The molecule has 0 saturated carbocycles. The zero-order valence-corrected chi connectivity index (χ0v) is 11.4. The number of carboxylic acid groups (broad SMARTS) is 1. The third-order valence-corrected chi connectivity index (χ3v) is 3.94. The Morgan fingerprint density at radius 1 is 1.48 bits per heavy atom. The first-order chi connectivity index (χ1) is 9.71. The fourth-order valence-electron chi connectivity index (χ4n) is 2.38. The van der Waals surface area contributed by atoms with Gasteiger partial charge in [-0.2, -0.15) is 18.4 Å². The van der Waals surface area contributed by atoms with E-state index >= 15 is 0 Å². The van der Waals surface area contributed by atoms with Gasteiger partial charge in [0.25, 0.3) is 0 Å². The van der Waals surface area contributed by atoms with Crippen molar-refractivity contribution in [3.63, 3.8) is 0 Å². The number of nitriles is 1. The molecule has 1 unspecified atom stereocenters. The Hall–Kier alpha value is -1.94. The van der Waals surface area contributed by atoms with E-state index in [-0.39, 0.29) is 17.1 Å². The van der Waals surface area contributed by atoms with Crippen LogP contribution in [-0.2, 0) is 4.79 Å². The zero-order valence-electron chi connectivity index (χ0n) is 10.6. The first-order valence-electron chi connectivity index (χ1n) is 5.96. The number of hydrogen-bond acceptors (Lipinski definition) is 3. The number of halogens is 4. The van der Waals surface area contributed by atoms with Crippen LogP contribution in [0, 0.1) is 16.7 Å². The summed E-state index contributed by atoms with van der Waals surface area (Å²) in [7, 11) is 0. The Morgan fingerprint density at radius 2 is 2.14 bits per heavy atom. The number of alkyl halides is 3. The third-order valence-electron chi connectivity index (χ3n) is 3.64. The number of aliphatic carboxylic acids is 1. The van der Waals surface area contributed by atoms with Crippen LogP contribution in [0.3, 0.4) is 0 Å². The fourth-order valence-corrected chi connectivity index (χ4v) is 2.68. The van der Waals surface area contributed by atoms with Gasteiger partial charge in [-0.3, -0.25) is 4.79 Å². The summed E-state index contributed by atoms with van der Waals surface area (Å²) in [5.41, 5.74) is -2.21. The van der Waals surface area contributed by atoms with Crippen molar-refractivity contribution in [2.45, 2.75) is 12.6 Å².